The SMILES string of the molecule is CC(C)OCc1occc1CNC(C)(C)C. The van der Waals surface area contributed by atoms with Crippen LogP contribution in [0.1, 0.15) is 45.9 Å². The Morgan fingerprint density at radius 1 is 1.38 bits per heavy atom. The van der Waals surface area contributed by atoms with E-state index >= 15 is 0 Å². The van der Waals surface area contributed by atoms with Gasteiger partial charge in [0.15, 0.2) is 0 Å². The summed E-state index contributed by atoms with van der Waals surface area (Å²) < 4.78 is 11.0. The molecule has 0 aliphatic heterocycles. The lowest BCUT2D eigenvalue weighted by atomic mass is 10.1. The maximum absolute atomic E-state index is 5.54. The molecule has 0 fully saturated rings. The van der Waals surface area contributed by atoms with Gasteiger partial charge in [0, 0.05) is 17.6 Å². The minimum Gasteiger partial charge on any atom is -0.467 e. The summed E-state index contributed by atoms with van der Waals surface area (Å²) in [5.74, 6) is 0.922. The Balaban J connectivity index is 2.50. The van der Waals surface area contributed by atoms with Crippen LogP contribution in [0.2, 0.25) is 0 Å². The van der Waals surface area contributed by atoms with Crippen molar-refractivity contribution < 1.29 is 9.15 Å². The van der Waals surface area contributed by atoms with Gasteiger partial charge in [-0.15, -0.1) is 0 Å². The van der Waals surface area contributed by atoms with Crippen LogP contribution in [-0.2, 0) is 17.9 Å². The first-order valence-electron chi connectivity index (χ1n) is 5.80. The van der Waals surface area contributed by atoms with E-state index in [9.17, 15) is 0 Å². The highest BCUT2D eigenvalue weighted by atomic mass is 16.5. The van der Waals surface area contributed by atoms with Crippen LogP contribution in [0, 0.1) is 0 Å². The molecule has 3 nitrogen and oxygen atoms in total. The van der Waals surface area contributed by atoms with E-state index in [4.69, 9.17) is 9.15 Å². The molecule has 0 bridgehead atoms. The topological polar surface area (TPSA) is 34.4 Å². The molecule has 0 saturated heterocycles. The fourth-order valence-corrected chi connectivity index (χ4v) is 1.25. The highest BCUT2D eigenvalue weighted by Gasteiger charge is 2.12. The van der Waals surface area contributed by atoms with Gasteiger partial charge in [-0.1, -0.05) is 0 Å². The Hall–Kier alpha value is -0.800. The van der Waals surface area contributed by atoms with Gasteiger partial charge in [-0.3, -0.25) is 0 Å². The van der Waals surface area contributed by atoms with Crippen LogP contribution < -0.4 is 5.32 Å². The standard InChI is InChI=1S/C13H23NO2/c1-10(2)16-9-12-11(6-7-15-12)8-14-13(3,4)5/h6-7,10,14H,8-9H2,1-5H3. The lowest BCUT2D eigenvalue weighted by molar-refractivity contribution is 0.0538. The minimum atomic E-state index is 0.118. The first-order chi connectivity index (χ1) is 7.38. The van der Waals surface area contributed by atoms with Gasteiger partial charge < -0.3 is 14.5 Å². The third kappa shape index (κ3) is 4.81. The summed E-state index contributed by atoms with van der Waals surface area (Å²) in [6.45, 7) is 11.9. The zero-order valence-electron chi connectivity index (χ0n) is 11.0. The van der Waals surface area contributed by atoms with Crippen LogP contribution in [-0.4, -0.2) is 11.6 Å². The molecule has 3 heteroatoms. The van der Waals surface area contributed by atoms with Crippen LogP contribution in [0.3, 0.4) is 0 Å². The van der Waals surface area contributed by atoms with E-state index in [-0.39, 0.29) is 11.6 Å². The molecule has 1 aromatic rings. The van der Waals surface area contributed by atoms with Gasteiger partial charge in [-0.05, 0) is 40.7 Å². The van der Waals surface area contributed by atoms with Gasteiger partial charge >= 0.3 is 0 Å². The quantitative estimate of drug-likeness (QED) is 0.836. The fraction of sp³-hybridized carbons (Fsp3) is 0.692. The average molecular weight is 225 g/mol. The van der Waals surface area contributed by atoms with E-state index in [0.29, 0.717) is 6.61 Å². The van der Waals surface area contributed by atoms with Crippen molar-refractivity contribution in [3.63, 3.8) is 0 Å². The van der Waals surface area contributed by atoms with E-state index in [1.807, 2.05) is 19.9 Å². The summed E-state index contributed by atoms with van der Waals surface area (Å²) in [5, 5.41) is 3.44. The van der Waals surface area contributed by atoms with Gasteiger partial charge in [-0.2, -0.15) is 0 Å². The van der Waals surface area contributed by atoms with Crippen LogP contribution >= 0.6 is 0 Å². The third-order valence-corrected chi connectivity index (χ3v) is 2.19. The van der Waals surface area contributed by atoms with Crippen molar-refractivity contribution in [3.8, 4) is 0 Å². The zero-order valence-corrected chi connectivity index (χ0v) is 11.0. The van der Waals surface area contributed by atoms with E-state index in [0.717, 1.165) is 12.3 Å². The van der Waals surface area contributed by atoms with Crippen LogP contribution in [0.25, 0.3) is 0 Å². The second-order valence-corrected chi connectivity index (χ2v) is 5.33. The first kappa shape index (κ1) is 13.3. The fourth-order valence-electron chi connectivity index (χ4n) is 1.25. The summed E-state index contributed by atoms with van der Waals surface area (Å²) in [6, 6.07) is 2.00. The molecule has 1 N–H and O–H groups in total. The van der Waals surface area contributed by atoms with E-state index in [2.05, 4.69) is 26.1 Å². The normalized spacial score (nSPS) is 12.4. The van der Waals surface area contributed by atoms with Crippen molar-refractivity contribution in [1.82, 2.24) is 5.32 Å². The van der Waals surface area contributed by atoms with E-state index in [1.165, 1.54) is 5.56 Å². The number of rotatable bonds is 5. The average Bonchev–Trinajstić information content (AvgIpc) is 2.57. The van der Waals surface area contributed by atoms with Gasteiger partial charge in [0.25, 0.3) is 0 Å². The second kappa shape index (κ2) is 5.51. The molecule has 0 aliphatic carbocycles. The maximum atomic E-state index is 5.54. The monoisotopic (exact) mass is 225 g/mol. The van der Waals surface area contributed by atoms with Crippen molar-refractivity contribution in [2.45, 2.75) is 59.4 Å². The molecule has 0 spiro atoms. The summed E-state index contributed by atoms with van der Waals surface area (Å²) >= 11 is 0. The Morgan fingerprint density at radius 2 is 2.06 bits per heavy atom. The molecule has 1 aromatic heterocycles. The van der Waals surface area contributed by atoms with Gasteiger partial charge in [0.05, 0.1) is 12.4 Å². The number of furan rings is 1. The Labute approximate surface area is 98.2 Å². The van der Waals surface area contributed by atoms with Gasteiger partial charge in [0.1, 0.15) is 12.4 Å². The molecular weight excluding hydrogens is 202 g/mol. The van der Waals surface area contributed by atoms with E-state index < -0.39 is 0 Å². The molecule has 1 heterocycles. The first-order valence-corrected chi connectivity index (χ1v) is 5.80. The third-order valence-electron chi connectivity index (χ3n) is 2.19. The molecule has 0 aromatic carbocycles. The van der Waals surface area contributed by atoms with Crippen molar-refractivity contribution >= 4 is 0 Å². The lowest BCUT2D eigenvalue weighted by Gasteiger charge is -2.20. The summed E-state index contributed by atoms with van der Waals surface area (Å²) in [5.41, 5.74) is 1.29. The van der Waals surface area contributed by atoms with E-state index in [1.54, 1.807) is 6.26 Å². The molecule has 1 rings (SSSR count). The molecule has 16 heavy (non-hydrogen) atoms. The largest absolute Gasteiger partial charge is 0.467 e. The lowest BCUT2D eigenvalue weighted by Crippen LogP contribution is -2.35. The molecule has 0 unspecified atom stereocenters. The maximum Gasteiger partial charge on any atom is 0.133 e. The second-order valence-electron chi connectivity index (χ2n) is 5.33. The van der Waals surface area contributed by atoms with Gasteiger partial charge in [-0.25, -0.2) is 0 Å². The van der Waals surface area contributed by atoms with Crippen molar-refractivity contribution in [2.24, 2.45) is 0 Å². The van der Waals surface area contributed by atoms with Crippen molar-refractivity contribution in [3.05, 3.63) is 23.7 Å². The molecule has 0 aliphatic rings. The van der Waals surface area contributed by atoms with Gasteiger partial charge in [0.2, 0.25) is 0 Å². The predicted molar refractivity (Wildman–Crippen MR) is 65.2 cm³/mol. The Bertz CT molecular complexity index is 310. The Kier molecular flexibility index (Phi) is 4.56. The van der Waals surface area contributed by atoms with Crippen LogP contribution in [0.5, 0.6) is 0 Å². The molecule has 0 radical (unpaired) electrons. The number of hydrogen-bond donors (Lipinski definition) is 1. The highest BCUT2D eigenvalue weighted by molar-refractivity contribution is 5.16. The number of hydrogen-bond acceptors (Lipinski definition) is 3. The molecule has 92 valence electrons. The molecule has 0 amide bonds. The molecule has 0 atom stereocenters. The summed E-state index contributed by atoms with van der Waals surface area (Å²) in [4.78, 5) is 0. The predicted octanol–water partition coefficient (Wildman–Crippen LogP) is 3.09. The smallest absolute Gasteiger partial charge is 0.133 e. The summed E-state index contributed by atoms with van der Waals surface area (Å²) in [7, 11) is 0. The van der Waals surface area contributed by atoms with Crippen LogP contribution in [0.4, 0.5) is 0 Å². The Morgan fingerprint density at radius 3 is 2.62 bits per heavy atom. The number of ether oxygens (including phenoxy) is 1. The highest BCUT2D eigenvalue weighted by Crippen LogP contribution is 2.14. The zero-order chi connectivity index (χ0) is 12.2. The number of nitrogens with one attached hydrogen (secondary N) is 1. The summed E-state index contributed by atoms with van der Waals surface area (Å²) in [6.07, 6.45) is 1.95. The van der Waals surface area contributed by atoms with Crippen molar-refractivity contribution in [1.29, 1.82) is 0 Å². The molecule has 0 saturated carbocycles. The van der Waals surface area contributed by atoms with Crippen LogP contribution in [0.15, 0.2) is 16.7 Å². The van der Waals surface area contributed by atoms with Crippen molar-refractivity contribution in [2.75, 3.05) is 0 Å². The minimum absolute atomic E-state index is 0.118. The molecular formula is C13H23NO2.